The molecule has 0 aliphatic carbocycles. The molecule has 17 heavy (non-hydrogen) atoms. The fourth-order valence-corrected chi connectivity index (χ4v) is 2.88. The van der Waals surface area contributed by atoms with Gasteiger partial charge in [-0.25, -0.2) is 0 Å². The third-order valence-corrected chi connectivity index (χ3v) is 4.25. The van der Waals surface area contributed by atoms with Crippen LogP contribution in [0.2, 0.25) is 5.02 Å². The van der Waals surface area contributed by atoms with Crippen LogP contribution in [0.15, 0.2) is 23.6 Å². The number of halogens is 1. The molecule has 0 aliphatic heterocycles. The number of thiophene rings is 1. The quantitative estimate of drug-likeness (QED) is 0.727. The number of hydrogen-bond acceptors (Lipinski definition) is 2. The number of carbonyl (C=O) groups excluding carboxylic acids is 1. The first-order valence-electron chi connectivity index (χ1n) is 5.36. The van der Waals surface area contributed by atoms with Gasteiger partial charge in [0.1, 0.15) is 0 Å². The summed E-state index contributed by atoms with van der Waals surface area (Å²) in [4.78, 5) is 13.0. The topological polar surface area (TPSA) is 17.1 Å². The predicted molar refractivity (Wildman–Crippen MR) is 73.4 cm³/mol. The SMILES string of the molecule is Cc1cc(C)c(C(=O)c2sccc2Cl)cc1C. The summed E-state index contributed by atoms with van der Waals surface area (Å²) in [5.74, 6) is 0.0191. The van der Waals surface area contributed by atoms with E-state index in [1.807, 2.05) is 31.4 Å². The van der Waals surface area contributed by atoms with E-state index >= 15 is 0 Å². The largest absolute Gasteiger partial charge is 0.288 e. The Morgan fingerprint density at radius 1 is 1.12 bits per heavy atom. The third kappa shape index (κ3) is 2.28. The molecule has 0 N–H and O–H groups in total. The summed E-state index contributed by atoms with van der Waals surface area (Å²) in [7, 11) is 0. The average Bonchev–Trinajstić information content (AvgIpc) is 2.69. The van der Waals surface area contributed by atoms with E-state index < -0.39 is 0 Å². The van der Waals surface area contributed by atoms with Crippen LogP contribution in [0.3, 0.4) is 0 Å². The minimum Gasteiger partial charge on any atom is -0.288 e. The standard InChI is InChI=1S/C14H13ClOS/c1-8-6-10(3)11(7-9(8)2)13(16)14-12(15)4-5-17-14/h4-7H,1-3H3. The maximum Gasteiger partial charge on any atom is 0.204 e. The summed E-state index contributed by atoms with van der Waals surface area (Å²) in [6.07, 6.45) is 0. The zero-order valence-corrected chi connectivity index (χ0v) is 11.6. The van der Waals surface area contributed by atoms with Gasteiger partial charge in [-0.15, -0.1) is 11.3 Å². The predicted octanol–water partition coefficient (Wildman–Crippen LogP) is 4.56. The molecule has 0 fully saturated rings. The summed E-state index contributed by atoms with van der Waals surface area (Å²) in [5, 5.41) is 2.38. The highest BCUT2D eigenvalue weighted by Crippen LogP contribution is 2.27. The smallest absolute Gasteiger partial charge is 0.204 e. The lowest BCUT2D eigenvalue weighted by molar-refractivity contribution is 0.104. The summed E-state index contributed by atoms with van der Waals surface area (Å²) in [6.45, 7) is 6.03. The van der Waals surface area contributed by atoms with Crippen molar-refractivity contribution in [3.63, 3.8) is 0 Å². The number of rotatable bonds is 2. The molecule has 1 aromatic heterocycles. The van der Waals surface area contributed by atoms with Crippen molar-refractivity contribution in [2.45, 2.75) is 20.8 Å². The van der Waals surface area contributed by atoms with Crippen molar-refractivity contribution in [1.82, 2.24) is 0 Å². The van der Waals surface area contributed by atoms with Gasteiger partial charge >= 0.3 is 0 Å². The van der Waals surface area contributed by atoms with E-state index in [2.05, 4.69) is 6.92 Å². The highest BCUT2D eigenvalue weighted by atomic mass is 35.5. The van der Waals surface area contributed by atoms with Crippen LogP contribution in [-0.2, 0) is 0 Å². The van der Waals surface area contributed by atoms with E-state index in [9.17, 15) is 4.79 Å². The van der Waals surface area contributed by atoms with Crippen LogP contribution in [0.4, 0.5) is 0 Å². The Morgan fingerprint density at radius 2 is 1.76 bits per heavy atom. The highest BCUT2D eigenvalue weighted by Gasteiger charge is 2.16. The lowest BCUT2D eigenvalue weighted by Crippen LogP contribution is -2.03. The molecule has 2 aromatic rings. The van der Waals surface area contributed by atoms with Crippen molar-refractivity contribution in [1.29, 1.82) is 0 Å². The molecule has 0 atom stereocenters. The molecule has 3 heteroatoms. The summed E-state index contributed by atoms with van der Waals surface area (Å²) in [5.41, 5.74) is 4.09. The Balaban J connectivity index is 2.52. The van der Waals surface area contributed by atoms with Gasteiger partial charge < -0.3 is 0 Å². The first-order chi connectivity index (χ1) is 8.00. The van der Waals surface area contributed by atoms with Gasteiger partial charge in [-0.3, -0.25) is 4.79 Å². The van der Waals surface area contributed by atoms with E-state index in [1.54, 1.807) is 6.07 Å². The summed E-state index contributed by atoms with van der Waals surface area (Å²) < 4.78 is 0. The highest BCUT2D eigenvalue weighted by molar-refractivity contribution is 7.13. The lowest BCUT2D eigenvalue weighted by Gasteiger charge is -2.08. The van der Waals surface area contributed by atoms with Crippen molar-refractivity contribution < 1.29 is 4.79 Å². The number of aryl methyl sites for hydroxylation is 3. The Kier molecular flexibility index (Phi) is 3.36. The molecular weight excluding hydrogens is 252 g/mol. The maximum atomic E-state index is 12.3. The number of ketones is 1. The van der Waals surface area contributed by atoms with Crippen molar-refractivity contribution in [2.24, 2.45) is 0 Å². The Labute approximate surface area is 110 Å². The maximum absolute atomic E-state index is 12.3. The van der Waals surface area contributed by atoms with Gasteiger partial charge in [0.15, 0.2) is 0 Å². The van der Waals surface area contributed by atoms with Crippen LogP contribution in [0.25, 0.3) is 0 Å². The minimum absolute atomic E-state index is 0.0191. The van der Waals surface area contributed by atoms with Crippen LogP contribution in [0, 0.1) is 20.8 Å². The molecule has 0 amide bonds. The lowest BCUT2D eigenvalue weighted by atomic mass is 9.97. The Hall–Kier alpha value is -1.12. The fraction of sp³-hybridized carbons (Fsp3) is 0.214. The number of hydrogen-bond donors (Lipinski definition) is 0. The molecule has 0 aliphatic rings. The molecule has 1 aromatic carbocycles. The van der Waals surface area contributed by atoms with E-state index in [4.69, 9.17) is 11.6 Å². The molecule has 0 spiro atoms. The second-order valence-corrected chi connectivity index (χ2v) is 5.50. The minimum atomic E-state index is 0.0191. The average molecular weight is 265 g/mol. The molecule has 0 saturated heterocycles. The summed E-state index contributed by atoms with van der Waals surface area (Å²) in [6, 6.07) is 5.75. The molecular formula is C14H13ClOS. The zero-order valence-electron chi connectivity index (χ0n) is 10.0. The third-order valence-electron chi connectivity index (χ3n) is 2.91. The van der Waals surface area contributed by atoms with Crippen molar-refractivity contribution in [2.75, 3.05) is 0 Å². The molecule has 88 valence electrons. The van der Waals surface area contributed by atoms with Gasteiger partial charge in [-0.2, -0.15) is 0 Å². The molecule has 1 nitrogen and oxygen atoms in total. The Bertz CT molecular complexity index is 584. The fourth-order valence-electron chi connectivity index (χ4n) is 1.78. The first-order valence-corrected chi connectivity index (χ1v) is 6.62. The Morgan fingerprint density at radius 3 is 2.35 bits per heavy atom. The van der Waals surface area contributed by atoms with Gasteiger partial charge in [-0.05, 0) is 55.0 Å². The molecule has 0 bridgehead atoms. The van der Waals surface area contributed by atoms with Gasteiger partial charge in [0.05, 0.1) is 9.90 Å². The van der Waals surface area contributed by atoms with Crippen molar-refractivity contribution in [3.05, 3.63) is 55.7 Å². The van der Waals surface area contributed by atoms with Gasteiger partial charge in [0, 0.05) is 5.56 Å². The monoisotopic (exact) mass is 264 g/mol. The zero-order chi connectivity index (χ0) is 12.6. The van der Waals surface area contributed by atoms with Crippen molar-refractivity contribution >= 4 is 28.7 Å². The first kappa shape index (κ1) is 12.3. The van der Waals surface area contributed by atoms with E-state index in [0.717, 1.165) is 16.7 Å². The molecule has 2 rings (SSSR count). The van der Waals surface area contributed by atoms with Gasteiger partial charge in [0.25, 0.3) is 0 Å². The number of carbonyl (C=O) groups is 1. The summed E-state index contributed by atoms with van der Waals surface area (Å²) >= 11 is 7.39. The second-order valence-electron chi connectivity index (χ2n) is 4.18. The van der Waals surface area contributed by atoms with Gasteiger partial charge in [0.2, 0.25) is 5.78 Å². The van der Waals surface area contributed by atoms with Crippen LogP contribution >= 0.6 is 22.9 Å². The van der Waals surface area contributed by atoms with E-state index in [0.29, 0.717) is 9.90 Å². The van der Waals surface area contributed by atoms with Crippen LogP contribution in [-0.4, -0.2) is 5.78 Å². The molecule has 0 saturated carbocycles. The van der Waals surface area contributed by atoms with Gasteiger partial charge in [-0.1, -0.05) is 17.7 Å². The van der Waals surface area contributed by atoms with Crippen LogP contribution in [0.1, 0.15) is 31.9 Å². The van der Waals surface area contributed by atoms with Crippen molar-refractivity contribution in [3.8, 4) is 0 Å². The normalized spacial score (nSPS) is 10.6. The van der Waals surface area contributed by atoms with E-state index in [1.165, 1.54) is 16.9 Å². The molecule has 1 heterocycles. The molecule has 0 radical (unpaired) electrons. The van der Waals surface area contributed by atoms with Crippen LogP contribution in [0.5, 0.6) is 0 Å². The molecule has 0 unspecified atom stereocenters. The van der Waals surface area contributed by atoms with E-state index in [-0.39, 0.29) is 5.78 Å². The van der Waals surface area contributed by atoms with Crippen LogP contribution < -0.4 is 0 Å². The second kappa shape index (κ2) is 4.63. The number of benzene rings is 1.